The highest BCUT2D eigenvalue weighted by atomic mass is 19.1. The van der Waals surface area contributed by atoms with Crippen molar-refractivity contribution in [1.82, 2.24) is 4.90 Å². The lowest BCUT2D eigenvalue weighted by Gasteiger charge is -2.20. The third kappa shape index (κ3) is 4.50. The first-order valence-corrected chi connectivity index (χ1v) is 11.0. The van der Waals surface area contributed by atoms with Gasteiger partial charge >= 0.3 is 0 Å². The van der Waals surface area contributed by atoms with Crippen molar-refractivity contribution in [2.75, 3.05) is 18.5 Å². The average Bonchev–Trinajstić information content (AvgIpc) is 3.48. The third-order valence-electron chi connectivity index (χ3n) is 6.06. The van der Waals surface area contributed by atoms with Crippen molar-refractivity contribution in [3.05, 3.63) is 88.7 Å². The van der Waals surface area contributed by atoms with Gasteiger partial charge in [0.1, 0.15) is 29.5 Å². The highest BCUT2D eigenvalue weighted by Gasteiger charge is 2.31. The maximum atomic E-state index is 14.1. The quantitative estimate of drug-likeness (QED) is 0.582. The van der Waals surface area contributed by atoms with Gasteiger partial charge in [-0.3, -0.25) is 4.79 Å². The van der Waals surface area contributed by atoms with Crippen molar-refractivity contribution in [2.45, 2.75) is 32.2 Å². The number of phenols is 1. The van der Waals surface area contributed by atoms with Gasteiger partial charge in [0.15, 0.2) is 0 Å². The molecule has 0 bridgehead atoms. The van der Waals surface area contributed by atoms with Crippen LogP contribution in [0.5, 0.6) is 11.5 Å². The van der Waals surface area contributed by atoms with E-state index in [4.69, 9.17) is 9.47 Å². The van der Waals surface area contributed by atoms with E-state index in [1.807, 2.05) is 48.5 Å². The Morgan fingerprint density at radius 1 is 1.15 bits per heavy atom. The lowest BCUT2D eigenvalue weighted by Crippen LogP contribution is -2.26. The number of nitrogens with zero attached hydrogens (tertiary/aromatic N) is 1. The lowest BCUT2D eigenvalue weighted by molar-refractivity contribution is 0.0743. The van der Waals surface area contributed by atoms with E-state index in [-0.39, 0.29) is 24.0 Å². The summed E-state index contributed by atoms with van der Waals surface area (Å²) in [6.45, 7) is 2.35. The maximum absolute atomic E-state index is 14.1. The number of fused-ring (bicyclic) bond motifs is 1. The molecule has 33 heavy (non-hydrogen) atoms. The van der Waals surface area contributed by atoms with Gasteiger partial charge in [0.2, 0.25) is 0 Å². The number of rotatable bonds is 6. The van der Waals surface area contributed by atoms with Crippen LogP contribution in [0.3, 0.4) is 0 Å². The molecule has 1 fully saturated rings. The van der Waals surface area contributed by atoms with Crippen molar-refractivity contribution in [3.8, 4) is 11.5 Å². The summed E-state index contributed by atoms with van der Waals surface area (Å²) in [4.78, 5) is 15.1. The summed E-state index contributed by atoms with van der Waals surface area (Å²) in [5, 5.41) is 14.0. The molecule has 2 aliphatic heterocycles. The van der Waals surface area contributed by atoms with Crippen LogP contribution in [-0.4, -0.2) is 35.2 Å². The molecular weight excluding hydrogens is 423 g/mol. The summed E-state index contributed by atoms with van der Waals surface area (Å²) in [7, 11) is 0. The van der Waals surface area contributed by atoms with Crippen molar-refractivity contribution in [2.24, 2.45) is 0 Å². The zero-order chi connectivity index (χ0) is 22.8. The molecule has 0 radical (unpaired) electrons. The van der Waals surface area contributed by atoms with Gasteiger partial charge in [0, 0.05) is 37.5 Å². The Kier molecular flexibility index (Phi) is 5.88. The van der Waals surface area contributed by atoms with E-state index in [1.54, 1.807) is 4.90 Å². The summed E-state index contributed by atoms with van der Waals surface area (Å²) < 4.78 is 25.3. The number of benzene rings is 3. The molecule has 6 nitrogen and oxygen atoms in total. The van der Waals surface area contributed by atoms with Crippen LogP contribution in [0.4, 0.5) is 10.1 Å². The van der Waals surface area contributed by atoms with E-state index >= 15 is 0 Å². The molecule has 2 N–H and O–H groups in total. The van der Waals surface area contributed by atoms with Gasteiger partial charge in [0.05, 0.1) is 12.6 Å². The number of hydrogen-bond acceptors (Lipinski definition) is 5. The minimum Gasteiger partial charge on any atom is -0.507 e. The Bertz CT molecular complexity index is 1160. The smallest absolute Gasteiger partial charge is 0.262 e. The first kappa shape index (κ1) is 21.3. The highest BCUT2D eigenvalue weighted by Crippen LogP contribution is 2.36. The predicted octanol–water partition coefficient (Wildman–Crippen LogP) is 4.47. The van der Waals surface area contributed by atoms with Crippen LogP contribution in [0.25, 0.3) is 0 Å². The molecule has 5 rings (SSSR count). The van der Waals surface area contributed by atoms with Gasteiger partial charge in [-0.25, -0.2) is 4.39 Å². The summed E-state index contributed by atoms with van der Waals surface area (Å²) in [5.41, 5.74) is 3.92. The summed E-state index contributed by atoms with van der Waals surface area (Å²) in [6.07, 6.45) is 0.942. The normalized spacial score (nSPS) is 17.1. The first-order valence-electron chi connectivity index (χ1n) is 11.0. The van der Waals surface area contributed by atoms with Crippen LogP contribution in [0, 0.1) is 5.82 Å². The van der Waals surface area contributed by atoms with Crippen LogP contribution in [0.2, 0.25) is 0 Å². The van der Waals surface area contributed by atoms with Gasteiger partial charge in [-0.15, -0.1) is 0 Å². The molecule has 3 aromatic rings. The molecule has 2 heterocycles. The molecule has 170 valence electrons. The highest BCUT2D eigenvalue weighted by molar-refractivity contribution is 6.00. The fourth-order valence-electron chi connectivity index (χ4n) is 4.36. The summed E-state index contributed by atoms with van der Waals surface area (Å²) in [6, 6.07) is 17.7. The van der Waals surface area contributed by atoms with Crippen molar-refractivity contribution < 1.29 is 23.8 Å². The SMILES string of the molecule is O=C(c1c(O)cc(F)cc1OCc1ccccc1)N1Cc2cccc(N[C@@H]3CCOC3)c2C1. The van der Waals surface area contributed by atoms with E-state index in [1.165, 1.54) is 0 Å². The number of carbonyl (C=O) groups is 1. The molecule has 3 aromatic carbocycles. The van der Waals surface area contributed by atoms with Crippen LogP contribution in [0.1, 0.15) is 33.5 Å². The number of anilines is 1. The lowest BCUT2D eigenvalue weighted by atomic mass is 10.1. The number of halogens is 1. The standard InChI is InChI=1S/C26H25FN2O4/c27-19-11-23(30)25(24(12-19)33-15-17-5-2-1-3-6-17)26(31)29-13-18-7-4-8-22(21(18)14-29)28-20-9-10-32-16-20/h1-8,11-12,20,28,30H,9-10,13-16H2/t20-/m1/s1. The number of hydrogen-bond donors (Lipinski definition) is 2. The first-order chi connectivity index (χ1) is 16.1. The Morgan fingerprint density at radius 2 is 2.00 bits per heavy atom. The molecule has 0 spiro atoms. The van der Waals surface area contributed by atoms with Crippen LogP contribution in [0.15, 0.2) is 60.7 Å². The Hall–Kier alpha value is -3.58. The molecular formula is C26H25FN2O4. The Labute approximate surface area is 191 Å². The molecule has 1 atom stereocenters. The van der Waals surface area contributed by atoms with Gasteiger partial charge in [-0.2, -0.15) is 0 Å². The van der Waals surface area contributed by atoms with E-state index in [0.29, 0.717) is 19.7 Å². The molecule has 1 amide bonds. The topological polar surface area (TPSA) is 71.0 Å². The van der Waals surface area contributed by atoms with Gasteiger partial charge in [-0.1, -0.05) is 42.5 Å². The minimum absolute atomic E-state index is 0.0266. The molecule has 0 saturated carbocycles. The number of ether oxygens (including phenoxy) is 2. The van der Waals surface area contributed by atoms with E-state index in [2.05, 4.69) is 5.32 Å². The van der Waals surface area contributed by atoms with E-state index < -0.39 is 17.5 Å². The monoisotopic (exact) mass is 448 g/mol. The molecule has 0 aliphatic carbocycles. The van der Waals surface area contributed by atoms with Gasteiger partial charge in [0.25, 0.3) is 5.91 Å². The largest absolute Gasteiger partial charge is 0.507 e. The number of phenolic OH excluding ortho intramolecular Hbond substituents is 1. The second kappa shape index (κ2) is 9.11. The maximum Gasteiger partial charge on any atom is 0.262 e. The fourth-order valence-corrected chi connectivity index (χ4v) is 4.36. The molecule has 7 heteroatoms. The molecule has 0 unspecified atom stereocenters. The second-order valence-corrected chi connectivity index (χ2v) is 8.38. The zero-order valence-electron chi connectivity index (χ0n) is 18.1. The molecule has 1 saturated heterocycles. The average molecular weight is 448 g/mol. The second-order valence-electron chi connectivity index (χ2n) is 8.38. The third-order valence-corrected chi connectivity index (χ3v) is 6.06. The summed E-state index contributed by atoms with van der Waals surface area (Å²) in [5.74, 6) is -1.47. The van der Waals surface area contributed by atoms with Gasteiger partial charge in [-0.05, 0) is 29.2 Å². The predicted molar refractivity (Wildman–Crippen MR) is 122 cm³/mol. The van der Waals surface area contributed by atoms with Crippen LogP contribution >= 0.6 is 0 Å². The van der Waals surface area contributed by atoms with Crippen LogP contribution in [-0.2, 0) is 24.4 Å². The number of nitrogens with one attached hydrogen (secondary N) is 1. The molecule has 2 aliphatic rings. The number of amides is 1. The number of aromatic hydroxyl groups is 1. The van der Waals surface area contributed by atoms with E-state index in [9.17, 15) is 14.3 Å². The van der Waals surface area contributed by atoms with Crippen molar-refractivity contribution in [3.63, 3.8) is 0 Å². The van der Waals surface area contributed by atoms with Crippen molar-refractivity contribution in [1.29, 1.82) is 0 Å². The van der Waals surface area contributed by atoms with Crippen molar-refractivity contribution >= 4 is 11.6 Å². The van der Waals surface area contributed by atoms with Crippen LogP contribution < -0.4 is 10.1 Å². The summed E-state index contributed by atoms with van der Waals surface area (Å²) >= 11 is 0. The zero-order valence-corrected chi connectivity index (χ0v) is 18.1. The molecule has 0 aromatic heterocycles. The van der Waals surface area contributed by atoms with Gasteiger partial charge < -0.3 is 24.8 Å². The fraction of sp³-hybridized carbons (Fsp3) is 0.269. The Balaban J connectivity index is 1.38. The number of carbonyl (C=O) groups excluding carboxylic acids is 1. The van der Waals surface area contributed by atoms with E-state index in [0.717, 1.165) is 47.5 Å². The minimum atomic E-state index is -0.665. The Morgan fingerprint density at radius 3 is 2.79 bits per heavy atom.